The molecule has 0 bridgehead atoms. The number of aromatic nitrogens is 3. The van der Waals surface area contributed by atoms with E-state index in [2.05, 4.69) is 15.4 Å². The molecular formula is C20H22N4O5S. The van der Waals surface area contributed by atoms with E-state index in [1.165, 1.54) is 21.9 Å². The Bertz CT molecular complexity index is 1110. The predicted molar refractivity (Wildman–Crippen MR) is 112 cm³/mol. The van der Waals surface area contributed by atoms with Crippen LogP contribution in [0.15, 0.2) is 35.1 Å². The van der Waals surface area contributed by atoms with Gasteiger partial charge in [-0.3, -0.25) is 9.59 Å². The number of fused-ring (bicyclic) bond motifs is 1. The van der Waals surface area contributed by atoms with Crippen LogP contribution in [-0.2, 0) is 27.3 Å². The first-order valence-electron chi connectivity index (χ1n) is 9.54. The van der Waals surface area contributed by atoms with E-state index in [1.807, 2.05) is 6.92 Å². The quantitative estimate of drug-likeness (QED) is 0.410. The van der Waals surface area contributed by atoms with Gasteiger partial charge in [0.15, 0.2) is 0 Å². The Morgan fingerprint density at radius 1 is 1.23 bits per heavy atom. The molecule has 10 heteroatoms. The van der Waals surface area contributed by atoms with Crippen molar-refractivity contribution in [3.8, 4) is 0 Å². The summed E-state index contributed by atoms with van der Waals surface area (Å²) in [6, 6.07) is 7.87. The summed E-state index contributed by atoms with van der Waals surface area (Å²) in [5.41, 5.74) is 0.580. The van der Waals surface area contributed by atoms with Crippen LogP contribution in [0.3, 0.4) is 0 Å². The maximum atomic E-state index is 12.5. The molecule has 2 heterocycles. The second-order valence-electron chi connectivity index (χ2n) is 6.25. The first kappa shape index (κ1) is 21.6. The molecule has 2 aromatic heterocycles. The Morgan fingerprint density at radius 2 is 2.03 bits per heavy atom. The SMILES string of the molecule is CCOCCc1nn2c(=O)cc(COC(=O)c3ccccc3NC(=O)CC)nc2s1. The molecule has 0 unspecified atom stereocenters. The number of nitrogens with zero attached hydrogens (tertiary/aromatic N) is 3. The van der Waals surface area contributed by atoms with Crippen LogP contribution in [0, 0.1) is 0 Å². The number of ether oxygens (including phenoxy) is 2. The Labute approximate surface area is 176 Å². The highest BCUT2D eigenvalue weighted by Gasteiger charge is 2.15. The second-order valence-corrected chi connectivity index (χ2v) is 7.29. The summed E-state index contributed by atoms with van der Waals surface area (Å²) < 4.78 is 11.9. The molecule has 0 saturated carbocycles. The minimum absolute atomic E-state index is 0.174. The van der Waals surface area contributed by atoms with Gasteiger partial charge in [-0.1, -0.05) is 30.4 Å². The molecule has 0 atom stereocenters. The summed E-state index contributed by atoms with van der Waals surface area (Å²) in [6.45, 7) is 4.59. The number of anilines is 1. The molecule has 0 spiro atoms. The standard InChI is InChI=1S/C20H22N4O5S/c1-3-16(25)22-15-8-6-5-7-14(15)19(27)29-12-13-11-18(26)24-20(21-13)30-17(23-24)9-10-28-4-2/h5-8,11H,3-4,9-10,12H2,1-2H3,(H,22,25). The lowest BCUT2D eigenvalue weighted by Crippen LogP contribution is -2.17. The lowest BCUT2D eigenvalue weighted by atomic mass is 10.1. The first-order chi connectivity index (χ1) is 14.5. The van der Waals surface area contributed by atoms with Gasteiger partial charge in [0.1, 0.15) is 11.6 Å². The number of rotatable bonds is 9. The van der Waals surface area contributed by atoms with Crippen molar-refractivity contribution in [3.63, 3.8) is 0 Å². The van der Waals surface area contributed by atoms with E-state index < -0.39 is 5.97 Å². The van der Waals surface area contributed by atoms with E-state index >= 15 is 0 Å². The van der Waals surface area contributed by atoms with Crippen molar-refractivity contribution in [2.45, 2.75) is 33.3 Å². The van der Waals surface area contributed by atoms with E-state index in [0.29, 0.717) is 42.4 Å². The summed E-state index contributed by atoms with van der Waals surface area (Å²) in [5.74, 6) is -0.827. The number of nitrogens with one attached hydrogen (secondary N) is 1. The average Bonchev–Trinajstić information content (AvgIpc) is 3.16. The third-order valence-corrected chi connectivity index (χ3v) is 5.07. The lowest BCUT2D eigenvalue weighted by Gasteiger charge is -2.10. The Morgan fingerprint density at radius 3 is 2.80 bits per heavy atom. The van der Waals surface area contributed by atoms with E-state index in [1.54, 1.807) is 31.2 Å². The molecule has 0 aliphatic rings. The van der Waals surface area contributed by atoms with Gasteiger partial charge in [0, 0.05) is 25.5 Å². The monoisotopic (exact) mass is 430 g/mol. The first-order valence-corrected chi connectivity index (χ1v) is 10.4. The third-order valence-electron chi connectivity index (χ3n) is 4.10. The van der Waals surface area contributed by atoms with Crippen LogP contribution in [0.1, 0.15) is 41.3 Å². The van der Waals surface area contributed by atoms with Crippen LogP contribution in [0.4, 0.5) is 5.69 Å². The Kier molecular flexibility index (Phi) is 7.26. The van der Waals surface area contributed by atoms with Crippen LogP contribution in [0.5, 0.6) is 0 Å². The van der Waals surface area contributed by atoms with Crippen molar-refractivity contribution >= 4 is 33.9 Å². The van der Waals surface area contributed by atoms with Crippen LogP contribution >= 0.6 is 11.3 Å². The Balaban J connectivity index is 1.72. The number of hydrogen-bond donors (Lipinski definition) is 1. The van der Waals surface area contributed by atoms with Gasteiger partial charge in [0.25, 0.3) is 5.56 Å². The number of carbonyl (C=O) groups is 2. The number of amides is 1. The molecule has 0 radical (unpaired) electrons. The van der Waals surface area contributed by atoms with Gasteiger partial charge in [-0.05, 0) is 19.1 Å². The zero-order valence-electron chi connectivity index (χ0n) is 16.7. The van der Waals surface area contributed by atoms with Gasteiger partial charge in [0.05, 0.1) is 23.6 Å². The number of carbonyl (C=O) groups excluding carboxylic acids is 2. The molecule has 0 saturated heterocycles. The number of benzene rings is 1. The third kappa shape index (κ3) is 5.28. The zero-order valence-corrected chi connectivity index (χ0v) is 17.5. The molecule has 1 amide bonds. The summed E-state index contributed by atoms with van der Waals surface area (Å²) in [4.78, 5) is 41.3. The highest BCUT2D eigenvalue weighted by Crippen LogP contribution is 2.18. The maximum Gasteiger partial charge on any atom is 0.340 e. The van der Waals surface area contributed by atoms with Crippen LogP contribution in [0.25, 0.3) is 4.96 Å². The zero-order chi connectivity index (χ0) is 21.5. The molecule has 0 fully saturated rings. The van der Waals surface area contributed by atoms with Crippen molar-refractivity contribution in [1.82, 2.24) is 14.6 Å². The van der Waals surface area contributed by atoms with Crippen LogP contribution in [-0.4, -0.2) is 39.7 Å². The summed E-state index contributed by atoms with van der Waals surface area (Å²) in [7, 11) is 0. The number of para-hydroxylation sites is 1. The molecule has 3 rings (SSSR count). The fourth-order valence-corrected chi connectivity index (χ4v) is 3.50. The highest BCUT2D eigenvalue weighted by molar-refractivity contribution is 7.16. The van der Waals surface area contributed by atoms with Gasteiger partial charge in [0.2, 0.25) is 10.9 Å². The maximum absolute atomic E-state index is 12.5. The van der Waals surface area contributed by atoms with E-state index in [0.717, 1.165) is 5.01 Å². The summed E-state index contributed by atoms with van der Waals surface area (Å²) >= 11 is 1.29. The fourth-order valence-electron chi connectivity index (χ4n) is 2.60. The topological polar surface area (TPSA) is 112 Å². The molecule has 1 N–H and O–H groups in total. The lowest BCUT2D eigenvalue weighted by molar-refractivity contribution is -0.115. The van der Waals surface area contributed by atoms with Crippen LogP contribution in [0.2, 0.25) is 0 Å². The van der Waals surface area contributed by atoms with Gasteiger partial charge in [-0.25, -0.2) is 9.78 Å². The van der Waals surface area contributed by atoms with Gasteiger partial charge >= 0.3 is 5.97 Å². The minimum atomic E-state index is -0.620. The molecule has 158 valence electrons. The highest BCUT2D eigenvalue weighted by atomic mass is 32.1. The van der Waals surface area contributed by atoms with Crippen molar-refractivity contribution in [1.29, 1.82) is 0 Å². The second kappa shape index (κ2) is 10.1. The smallest absolute Gasteiger partial charge is 0.340 e. The van der Waals surface area contributed by atoms with Crippen molar-refractivity contribution in [2.24, 2.45) is 0 Å². The molecule has 1 aromatic carbocycles. The van der Waals surface area contributed by atoms with Gasteiger partial charge < -0.3 is 14.8 Å². The molecule has 3 aromatic rings. The van der Waals surface area contributed by atoms with E-state index in [9.17, 15) is 14.4 Å². The van der Waals surface area contributed by atoms with Crippen LogP contribution < -0.4 is 10.9 Å². The van der Waals surface area contributed by atoms with Crippen molar-refractivity contribution in [2.75, 3.05) is 18.5 Å². The minimum Gasteiger partial charge on any atom is -0.456 e. The molecule has 0 aliphatic carbocycles. The van der Waals surface area contributed by atoms with Gasteiger partial charge in [-0.2, -0.15) is 9.61 Å². The summed E-state index contributed by atoms with van der Waals surface area (Å²) in [6.07, 6.45) is 0.880. The fraction of sp³-hybridized carbons (Fsp3) is 0.350. The number of hydrogen-bond acceptors (Lipinski definition) is 8. The molecule has 0 aliphatic heterocycles. The largest absolute Gasteiger partial charge is 0.456 e. The molecule has 9 nitrogen and oxygen atoms in total. The molecule has 30 heavy (non-hydrogen) atoms. The molecular weight excluding hydrogens is 408 g/mol. The van der Waals surface area contributed by atoms with Gasteiger partial charge in [-0.15, -0.1) is 0 Å². The van der Waals surface area contributed by atoms with Crippen molar-refractivity contribution in [3.05, 3.63) is 57.0 Å². The Hall–Kier alpha value is -3.11. The average molecular weight is 430 g/mol. The van der Waals surface area contributed by atoms with E-state index in [4.69, 9.17) is 9.47 Å². The summed E-state index contributed by atoms with van der Waals surface area (Å²) in [5, 5.41) is 7.66. The van der Waals surface area contributed by atoms with E-state index in [-0.39, 0.29) is 23.6 Å². The normalized spacial score (nSPS) is 10.9. The number of esters is 1. The predicted octanol–water partition coefficient (Wildman–Crippen LogP) is 2.44. The van der Waals surface area contributed by atoms with Crippen molar-refractivity contribution < 1.29 is 19.1 Å².